The summed E-state index contributed by atoms with van der Waals surface area (Å²) in [4.78, 5) is 0. The third-order valence-electron chi connectivity index (χ3n) is 2.80. The van der Waals surface area contributed by atoms with Gasteiger partial charge in [-0.3, -0.25) is 0 Å². The van der Waals surface area contributed by atoms with Crippen molar-refractivity contribution < 1.29 is 4.39 Å². The fourth-order valence-electron chi connectivity index (χ4n) is 2.01. The van der Waals surface area contributed by atoms with E-state index in [9.17, 15) is 4.39 Å². The average Bonchev–Trinajstić information content (AvgIpc) is 2.17. The van der Waals surface area contributed by atoms with Gasteiger partial charge in [0.05, 0.1) is 0 Å². The fraction of sp³-hybridized carbons (Fsp3) is 0.455. The summed E-state index contributed by atoms with van der Waals surface area (Å²) in [6.45, 7) is 2.17. The minimum Gasteiger partial charge on any atom is -0.312 e. The first kappa shape index (κ1) is 11.4. The summed E-state index contributed by atoms with van der Waals surface area (Å²) in [5, 5.41) is 3.74. The van der Waals surface area contributed by atoms with E-state index in [-0.39, 0.29) is 11.9 Å². The number of rotatable bonds is 1. The van der Waals surface area contributed by atoms with E-state index < -0.39 is 0 Å². The van der Waals surface area contributed by atoms with Crippen LogP contribution in [0.15, 0.2) is 16.6 Å². The van der Waals surface area contributed by atoms with Crippen molar-refractivity contribution in [2.24, 2.45) is 0 Å². The lowest BCUT2D eigenvalue weighted by Crippen LogP contribution is -2.29. The van der Waals surface area contributed by atoms with Crippen molar-refractivity contribution in [2.75, 3.05) is 7.05 Å². The molecule has 1 aromatic rings. The van der Waals surface area contributed by atoms with E-state index in [1.54, 1.807) is 12.1 Å². The number of thioether (sulfide) groups is 1. The highest BCUT2D eigenvalue weighted by Crippen LogP contribution is 2.40. The van der Waals surface area contributed by atoms with Gasteiger partial charge < -0.3 is 5.32 Å². The van der Waals surface area contributed by atoms with E-state index in [1.165, 1.54) is 5.56 Å². The average molecular weight is 290 g/mol. The van der Waals surface area contributed by atoms with Crippen molar-refractivity contribution in [3.63, 3.8) is 0 Å². The molecule has 1 aliphatic rings. The molecule has 2 atom stereocenters. The molecule has 0 aromatic heterocycles. The van der Waals surface area contributed by atoms with E-state index in [0.717, 1.165) is 15.8 Å². The summed E-state index contributed by atoms with van der Waals surface area (Å²) in [6.07, 6.45) is 0. The quantitative estimate of drug-likeness (QED) is 0.849. The highest BCUT2D eigenvalue weighted by Gasteiger charge is 2.27. The number of hydrogen-bond acceptors (Lipinski definition) is 2. The largest absolute Gasteiger partial charge is 0.312 e. The van der Waals surface area contributed by atoms with Crippen LogP contribution in [-0.2, 0) is 5.75 Å². The van der Waals surface area contributed by atoms with Gasteiger partial charge in [0.15, 0.2) is 0 Å². The van der Waals surface area contributed by atoms with Gasteiger partial charge in [-0.15, -0.1) is 0 Å². The molecule has 2 unspecified atom stereocenters. The Morgan fingerprint density at radius 2 is 2.27 bits per heavy atom. The van der Waals surface area contributed by atoms with Crippen LogP contribution in [-0.4, -0.2) is 12.3 Å². The number of halogens is 2. The summed E-state index contributed by atoms with van der Waals surface area (Å²) in [5.41, 5.74) is 2.31. The second-order valence-corrected chi connectivity index (χ2v) is 5.96. The topological polar surface area (TPSA) is 12.0 Å². The fourth-order valence-corrected chi connectivity index (χ4v) is 4.01. The molecule has 0 amide bonds. The predicted molar refractivity (Wildman–Crippen MR) is 66.7 cm³/mol. The molecule has 0 saturated heterocycles. The highest BCUT2D eigenvalue weighted by atomic mass is 79.9. The standard InChI is InChI=1S/C11H13BrFNS/c1-6-11(14-2)8-3-7(13)4-10(12)9(8)5-15-6/h3-4,6,11,14H,5H2,1-2H3. The maximum absolute atomic E-state index is 13.3. The molecule has 82 valence electrons. The Bertz CT molecular complexity index is 383. The molecule has 0 radical (unpaired) electrons. The zero-order chi connectivity index (χ0) is 11.0. The Balaban J connectivity index is 2.52. The predicted octanol–water partition coefficient (Wildman–Crippen LogP) is 3.48. The van der Waals surface area contributed by atoms with Crippen molar-refractivity contribution >= 4 is 27.7 Å². The summed E-state index contributed by atoms with van der Waals surface area (Å²) >= 11 is 5.33. The first-order chi connectivity index (χ1) is 7.13. The second-order valence-electron chi connectivity index (χ2n) is 3.74. The first-order valence-corrected chi connectivity index (χ1v) is 6.74. The van der Waals surface area contributed by atoms with Crippen molar-refractivity contribution in [1.29, 1.82) is 0 Å². The van der Waals surface area contributed by atoms with Crippen LogP contribution in [0.4, 0.5) is 4.39 Å². The van der Waals surface area contributed by atoms with Gasteiger partial charge >= 0.3 is 0 Å². The number of nitrogens with one attached hydrogen (secondary N) is 1. The van der Waals surface area contributed by atoms with Crippen molar-refractivity contribution in [1.82, 2.24) is 5.32 Å². The monoisotopic (exact) mass is 289 g/mol. The smallest absolute Gasteiger partial charge is 0.124 e. The maximum Gasteiger partial charge on any atom is 0.124 e. The van der Waals surface area contributed by atoms with Crippen LogP contribution >= 0.6 is 27.7 Å². The lowest BCUT2D eigenvalue weighted by molar-refractivity contribution is 0.565. The number of hydrogen-bond donors (Lipinski definition) is 1. The molecule has 1 aliphatic heterocycles. The molecule has 0 fully saturated rings. The Kier molecular flexibility index (Phi) is 3.38. The first-order valence-electron chi connectivity index (χ1n) is 4.90. The van der Waals surface area contributed by atoms with Gasteiger partial charge in [0.2, 0.25) is 0 Å². The normalized spacial score (nSPS) is 25.1. The van der Waals surface area contributed by atoms with Crippen LogP contribution in [0, 0.1) is 5.82 Å². The molecule has 0 aliphatic carbocycles. The van der Waals surface area contributed by atoms with Crippen LogP contribution in [0.5, 0.6) is 0 Å². The van der Waals surface area contributed by atoms with Crippen LogP contribution in [0.1, 0.15) is 24.1 Å². The zero-order valence-electron chi connectivity index (χ0n) is 8.68. The van der Waals surface area contributed by atoms with Crippen LogP contribution in [0.2, 0.25) is 0 Å². The molecule has 15 heavy (non-hydrogen) atoms. The van der Waals surface area contributed by atoms with Gasteiger partial charge in [-0.1, -0.05) is 22.9 Å². The van der Waals surface area contributed by atoms with Gasteiger partial charge in [-0.25, -0.2) is 4.39 Å². The second kappa shape index (κ2) is 4.44. The summed E-state index contributed by atoms with van der Waals surface area (Å²) in [7, 11) is 1.93. The molecule has 4 heteroatoms. The summed E-state index contributed by atoms with van der Waals surface area (Å²) in [5.74, 6) is 0.787. The van der Waals surface area contributed by atoms with Gasteiger partial charge in [0.1, 0.15) is 5.82 Å². The Morgan fingerprint density at radius 1 is 1.53 bits per heavy atom. The minimum absolute atomic E-state index is 0.167. The van der Waals surface area contributed by atoms with Crippen molar-refractivity contribution in [3.05, 3.63) is 33.5 Å². The lowest BCUT2D eigenvalue weighted by atomic mass is 9.98. The van der Waals surface area contributed by atoms with E-state index in [4.69, 9.17) is 0 Å². The molecular formula is C11H13BrFNS. The van der Waals surface area contributed by atoms with E-state index in [2.05, 4.69) is 28.2 Å². The van der Waals surface area contributed by atoms with Gasteiger partial charge in [-0.2, -0.15) is 11.8 Å². The highest BCUT2D eigenvalue weighted by molar-refractivity contribution is 9.10. The Hall–Kier alpha value is -0.0600. The Morgan fingerprint density at radius 3 is 2.93 bits per heavy atom. The maximum atomic E-state index is 13.3. The number of benzene rings is 1. The Labute approximate surface area is 102 Å². The van der Waals surface area contributed by atoms with Gasteiger partial charge in [0.25, 0.3) is 0 Å². The molecule has 1 heterocycles. The third kappa shape index (κ3) is 2.08. The van der Waals surface area contributed by atoms with Crippen molar-refractivity contribution in [3.8, 4) is 0 Å². The van der Waals surface area contributed by atoms with Crippen LogP contribution < -0.4 is 5.32 Å². The van der Waals surface area contributed by atoms with E-state index in [1.807, 2.05) is 18.8 Å². The summed E-state index contributed by atoms with van der Waals surface area (Å²) < 4.78 is 14.2. The zero-order valence-corrected chi connectivity index (χ0v) is 11.1. The van der Waals surface area contributed by atoms with Crippen molar-refractivity contribution in [2.45, 2.75) is 24.0 Å². The molecule has 0 spiro atoms. The third-order valence-corrected chi connectivity index (χ3v) is 4.76. The summed E-state index contributed by atoms with van der Waals surface area (Å²) in [6, 6.07) is 3.44. The molecular weight excluding hydrogens is 277 g/mol. The molecule has 1 nitrogen and oxygen atoms in total. The molecule has 0 saturated carbocycles. The van der Waals surface area contributed by atoms with Gasteiger partial charge in [0, 0.05) is 21.5 Å². The van der Waals surface area contributed by atoms with Crippen LogP contribution in [0.25, 0.3) is 0 Å². The van der Waals surface area contributed by atoms with Crippen LogP contribution in [0.3, 0.4) is 0 Å². The van der Waals surface area contributed by atoms with Gasteiger partial charge in [-0.05, 0) is 30.3 Å². The van der Waals surface area contributed by atoms with E-state index in [0.29, 0.717) is 5.25 Å². The van der Waals surface area contributed by atoms with E-state index >= 15 is 0 Å². The number of fused-ring (bicyclic) bond motifs is 1. The minimum atomic E-state index is -0.167. The SMILES string of the molecule is CNC1c2cc(F)cc(Br)c2CSC1C. The molecule has 0 bridgehead atoms. The molecule has 1 N–H and O–H groups in total. The lowest BCUT2D eigenvalue weighted by Gasteiger charge is -2.31. The molecule has 2 rings (SSSR count). The molecule has 1 aromatic carbocycles.